The second kappa shape index (κ2) is 6.64. The van der Waals surface area contributed by atoms with Gasteiger partial charge in [-0.1, -0.05) is 19.3 Å². The molecule has 0 bridgehead atoms. The SMILES string of the molecule is COc1cc(C)c(NC(=O)C2CCCCC2)cc1OC. The van der Waals surface area contributed by atoms with Crippen LogP contribution in [0.1, 0.15) is 37.7 Å². The smallest absolute Gasteiger partial charge is 0.227 e. The Hall–Kier alpha value is -1.71. The van der Waals surface area contributed by atoms with Gasteiger partial charge in [0.1, 0.15) is 0 Å². The van der Waals surface area contributed by atoms with Gasteiger partial charge in [-0.2, -0.15) is 0 Å². The number of anilines is 1. The van der Waals surface area contributed by atoms with Crippen molar-refractivity contribution in [2.45, 2.75) is 39.0 Å². The molecule has 0 aliphatic heterocycles. The van der Waals surface area contributed by atoms with Crippen LogP contribution in [-0.2, 0) is 4.79 Å². The van der Waals surface area contributed by atoms with Crippen molar-refractivity contribution in [2.24, 2.45) is 5.92 Å². The zero-order chi connectivity index (χ0) is 14.5. The van der Waals surface area contributed by atoms with E-state index in [1.165, 1.54) is 6.42 Å². The van der Waals surface area contributed by atoms with E-state index in [9.17, 15) is 4.79 Å². The number of carbonyl (C=O) groups is 1. The van der Waals surface area contributed by atoms with E-state index in [4.69, 9.17) is 9.47 Å². The number of methoxy groups -OCH3 is 2. The van der Waals surface area contributed by atoms with E-state index < -0.39 is 0 Å². The fraction of sp³-hybridized carbons (Fsp3) is 0.562. The lowest BCUT2D eigenvalue weighted by atomic mass is 9.88. The Morgan fingerprint density at radius 3 is 2.30 bits per heavy atom. The summed E-state index contributed by atoms with van der Waals surface area (Å²) in [4.78, 5) is 12.3. The molecule has 0 spiro atoms. The van der Waals surface area contributed by atoms with Gasteiger partial charge >= 0.3 is 0 Å². The van der Waals surface area contributed by atoms with Gasteiger partial charge in [-0.25, -0.2) is 0 Å². The minimum atomic E-state index is 0.125. The van der Waals surface area contributed by atoms with Crippen LogP contribution in [0, 0.1) is 12.8 Å². The summed E-state index contributed by atoms with van der Waals surface area (Å²) in [7, 11) is 3.21. The Labute approximate surface area is 120 Å². The molecule has 1 aliphatic carbocycles. The van der Waals surface area contributed by atoms with E-state index in [1.54, 1.807) is 14.2 Å². The van der Waals surface area contributed by atoms with Crippen molar-refractivity contribution in [3.05, 3.63) is 17.7 Å². The highest BCUT2D eigenvalue weighted by Gasteiger charge is 2.22. The highest BCUT2D eigenvalue weighted by atomic mass is 16.5. The molecule has 0 radical (unpaired) electrons. The molecule has 1 amide bonds. The van der Waals surface area contributed by atoms with Crippen LogP contribution in [0.3, 0.4) is 0 Å². The van der Waals surface area contributed by atoms with Gasteiger partial charge in [0.25, 0.3) is 0 Å². The van der Waals surface area contributed by atoms with Gasteiger partial charge in [0.05, 0.1) is 14.2 Å². The maximum Gasteiger partial charge on any atom is 0.227 e. The third-order valence-electron chi connectivity index (χ3n) is 3.96. The average molecular weight is 277 g/mol. The minimum absolute atomic E-state index is 0.125. The van der Waals surface area contributed by atoms with Gasteiger partial charge in [-0.3, -0.25) is 4.79 Å². The molecule has 1 aliphatic rings. The van der Waals surface area contributed by atoms with Crippen LogP contribution in [0.15, 0.2) is 12.1 Å². The highest BCUT2D eigenvalue weighted by molar-refractivity contribution is 5.93. The second-order valence-electron chi connectivity index (χ2n) is 5.35. The Kier molecular flexibility index (Phi) is 4.88. The molecular formula is C16H23NO3. The molecule has 0 atom stereocenters. The Bertz CT molecular complexity index is 479. The summed E-state index contributed by atoms with van der Waals surface area (Å²) >= 11 is 0. The Morgan fingerprint density at radius 1 is 1.10 bits per heavy atom. The van der Waals surface area contributed by atoms with Crippen molar-refractivity contribution in [3.63, 3.8) is 0 Å². The fourth-order valence-electron chi connectivity index (χ4n) is 2.71. The summed E-state index contributed by atoms with van der Waals surface area (Å²) < 4.78 is 10.5. The Balaban J connectivity index is 2.13. The fourth-order valence-corrected chi connectivity index (χ4v) is 2.71. The highest BCUT2D eigenvalue weighted by Crippen LogP contribution is 2.33. The third kappa shape index (κ3) is 3.24. The first-order chi connectivity index (χ1) is 9.65. The van der Waals surface area contributed by atoms with Crippen LogP contribution >= 0.6 is 0 Å². The average Bonchev–Trinajstić information content (AvgIpc) is 2.49. The summed E-state index contributed by atoms with van der Waals surface area (Å²) in [6.45, 7) is 1.96. The molecule has 0 heterocycles. The monoisotopic (exact) mass is 277 g/mol. The van der Waals surface area contributed by atoms with E-state index in [1.807, 2.05) is 19.1 Å². The number of amides is 1. The number of carbonyl (C=O) groups excluding carboxylic acids is 1. The summed E-state index contributed by atoms with van der Waals surface area (Å²) in [5.41, 5.74) is 1.78. The molecule has 1 aromatic rings. The van der Waals surface area contributed by atoms with Gasteiger partial charge in [-0.05, 0) is 31.4 Å². The molecule has 1 aromatic carbocycles. The molecule has 4 heteroatoms. The lowest BCUT2D eigenvalue weighted by Crippen LogP contribution is -2.25. The van der Waals surface area contributed by atoms with Crippen LogP contribution < -0.4 is 14.8 Å². The van der Waals surface area contributed by atoms with Crippen molar-refractivity contribution in [1.29, 1.82) is 0 Å². The molecule has 20 heavy (non-hydrogen) atoms. The summed E-state index contributed by atoms with van der Waals surface area (Å²) in [6.07, 6.45) is 5.56. The predicted octanol–water partition coefficient (Wildman–Crippen LogP) is 3.53. The van der Waals surface area contributed by atoms with Crippen LogP contribution in [0.5, 0.6) is 11.5 Å². The standard InChI is InChI=1S/C16H23NO3/c1-11-9-14(19-2)15(20-3)10-13(11)17-16(18)12-7-5-4-6-8-12/h9-10,12H,4-8H2,1-3H3,(H,17,18). The Morgan fingerprint density at radius 2 is 1.70 bits per heavy atom. The molecular weight excluding hydrogens is 254 g/mol. The first-order valence-electron chi connectivity index (χ1n) is 7.19. The molecule has 1 fully saturated rings. The van der Waals surface area contributed by atoms with E-state index in [2.05, 4.69) is 5.32 Å². The van der Waals surface area contributed by atoms with Crippen molar-refractivity contribution < 1.29 is 14.3 Å². The van der Waals surface area contributed by atoms with E-state index in [-0.39, 0.29) is 11.8 Å². The molecule has 4 nitrogen and oxygen atoms in total. The van der Waals surface area contributed by atoms with Gasteiger partial charge in [0.15, 0.2) is 11.5 Å². The topological polar surface area (TPSA) is 47.6 Å². The van der Waals surface area contributed by atoms with Crippen molar-refractivity contribution >= 4 is 11.6 Å². The number of hydrogen-bond donors (Lipinski definition) is 1. The predicted molar refractivity (Wildman–Crippen MR) is 79.5 cm³/mol. The number of ether oxygens (including phenoxy) is 2. The van der Waals surface area contributed by atoms with Gasteiger partial charge < -0.3 is 14.8 Å². The number of benzene rings is 1. The van der Waals surface area contributed by atoms with E-state index in [0.717, 1.165) is 36.9 Å². The van der Waals surface area contributed by atoms with Crippen molar-refractivity contribution in [3.8, 4) is 11.5 Å². The largest absolute Gasteiger partial charge is 0.493 e. The molecule has 0 unspecified atom stereocenters. The minimum Gasteiger partial charge on any atom is -0.493 e. The van der Waals surface area contributed by atoms with Crippen LogP contribution in [0.25, 0.3) is 0 Å². The number of rotatable bonds is 4. The summed E-state index contributed by atoms with van der Waals surface area (Å²) in [6, 6.07) is 3.71. The zero-order valence-electron chi connectivity index (χ0n) is 12.5. The summed E-state index contributed by atoms with van der Waals surface area (Å²) in [5, 5.41) is 3.03. The van der Waals surface area contributed by atoms with Crippen molar-refractivity contribution in [2.75, 3.05) is 19.5 Å². The first kappa shape index (κ1) is 14.7. The quantitative estimate of drug-likeness (QED) is 0.915. The van der Waals surface area contributed by atoms with E-state index >= 15 is 0 Å². The van der Waals surface area contributed by atoms with Crippen LogP contribution in [-0.4, -0.2) is 20.1 Å². The van der Waals surface area contributed by atoms with Gasteiger partial charge in [-0.15, -0.1) is 0 Å². The normalized spacial score (nSPS) is 15.8. The molecule has 1 N–H and O–H groups in total. The lowest BCUT2D eigenvalue weighted by Gasteiger charge is -2.21. The maximum atomic E-state index is 12.3. The van der Waals surface area contributed by atoms with Crippen LogP contribution in [0.2, 0.25) is 0 Å². The third-order valence-corrected chi connectivity index (χ3v) is 3.96. The number of hydrogen-bond acceptors (Lipinski definition) is 3. The van der Waals surface area contributed by atoms with Crippen LogP contribution in [0.4, 0.5) is 5.69 Å². The maximum absolute atomic E-state index is 12.3. The number of aryl methyl sites for hydroxylation is 1. The molecule has 0 saturated heterocycles. The first-order valence-corrected chi connectivity index (χ1v) is 7.19. The summed E-state index contributed by atoms with van der Waals surface area (Å²) in [5.74, 6) is 1.59. The molecule has 2 rings (SSSR count). The lowest BCUT2D eigenvalue weighted by molar-refractivity contribution is -0.120. The molecule has 110 valence electrons. The van der Waals surface area contributed by atoms with Crippen molar-refractivity contribution in [1.82, 2.24) is 0 Å². The zero-order valence-corrected chi connectivity index (χ0v) is 12.5. The van der Waals surface area contributed by atoms with Gasteiger partial charge in [0.2, 0.25) is 5.91 Å². The van der Waals surface area contributed by atoms with E-state index in [0.29, 0.717) is 11.5 Å². The second-order valence-corrected chi connectivity index (χ2v) is 5.35. The molecule has 1 saturated carbocycles. The molecule has 0 aromatic heterocycles. The number of nitrogens with one attached hydrogen (secondary N) is 1. The van der Waals surface area contributed by atoms with Gasteiger partial charge in [0, 0.05) is 17.7 Å².